The summed E-state index contributed by atoms with van der Waals surface area (Å²) in [5.74, 6) is -0.326. The Bertz CT molecular complexity index is 495. The summed E-state index contributed by atoms with van der Waals surface area (Å²) in [4.78, 5) is 13.7. The van der Waals surface area contributed by atoms with Gasteiger partial charge in [-0.25, -0.2) is 0 Å². The fourth-order valence-corrected chi connectivity index (χ4v) is 3.13. The number of aliphatic hydroxyl groups is 1. The first kappa shape index (κ1) is 12.5. The zero-order valence-corrected chi connectivity index (χ0v) is 11.2. The average molecular weight is 260 g/mol. The number of fused-ring (bicyclic) bond motifs is 1. The van der Waals surface area contributed by atoms with E-state index < -0.39 is 6.10 Å². The molecule has 4 nitrogen and oxygen atoms in total. The number of aliphatic hydroxyl groups excluding tert-OH is 1. The summed E-state index contributed by atoms with van der Waals surface area (Å²) in [6.45, 7) is 0. The summed E-state index contributed by atoms with van der Waals surface area (Å²) in [6.07, 6.45) is 5.41. The lowest BCUT2D eigenvalue weighted by Crippen LogP contribution is -2.33. The number of nitrogens with one attached hydrogen (secondary N) is 1. The van der Waals surface area contributed by atoms with E-state index in [-0.39, 0.29) is 5.91 Å². The minimum Gasteiger partial charge on any atom is -0.378 e. The molecule has 2 aliphatic rings. The second-order valence-corrected chi connectivity index (χ2v) is 5.57. The monoisotopic (exact) mass is 260 g/mol. The van der Waals surface area contributed by atoms with Crippen LogP contribution in [0.2, 0.25) is 0 Å². The second-order valence-electron chi connectivity index (χ2n) is 5.57. The average Bonchev–Trinajstić information content (AvgIpc) is 2.74. The predicted molar refractivity (Wildman–Crippen MR) is 75.3 cm³/mol. The lowest BCUT2D eigenvalue weighted by molar-refractivity contribution is -0.123. The van der Waals surface area contributed by atoms with Gasteiger partial charge < -0.3 is 15.3 Å². The van der Waals surface area contributed by atoms with Crippen LogP contribution in [-0.2, 0) is 4.79 Å². The Morgan fingerprint density at radius 1 is 1.26 bits per heavy atom. The lowest BCUT2D eigenvalue weighted by atomic mass is 9.94. The van der Waals surface area contributed by atoms with Gasteiger partial charge in [0.1, 0.15) is 0 Å². The third-order valence-corrected chi connectivity index (χ3v) is 4.37. The molecular weight excluding hydrogens is 240 g/mol. The van der Waals surface area contributed by atoms with E-state index >= 15 is 0 Å². The molecule has 1 aliphatic carbocycles. The number of amides is 1. The Hall–Kier alpha value is -1.55. The van der Waals surface area contributed by atoms with Crippen LogP contribution in [0, 0.1) is 0 Å². The first-order valence-corrected chi connectivity index (χ1v) is 7.02. The van der Waals surface area contributed by atoms with Crippen LogP contribution in [0.15, 0.2) is 18.2 Å². The number of nitrogens with zero attached hydrogens (tertiary/aromatic N) is 1. The fraction of sp³-hybridized carbons (Fsp3) is 0.533. The largest absolute Gasteiger partial charge is 0.378 e. The molecule has 1 unspecified atom stereocenters. The molecule has 2 N–H and O–H groups in total. The number of carbonyl (C=O) groups is 1. The van der Waals surface area contributed by atoms with Gasteiger partial charge in [0, 0.05) is 30.0 Å². The summed E-state index contributed by atoms with van der Waals surface area (Å²) in [5.41, 5.74) is 2.54. The van der Waals surface area contributed by atoms with Crippen LogP contribution >= 0.6 is 0 Å². The smallest absolute Gasteiger partial charge is 0.257 e. The van der Waals surface area contributed by atoms with Gasteiger partial charge in [-0.15, -0.1) is 0 Å². The summed E-state index contributed by atoms with van der Waals surface area (Å²) in [6, 6.07) is 6.41. The maximum Gasteiger partial charge on any atom is 0.257 e. The molecule has 19 heavy (non-hydrogen) atoms. The van der Waals surface area contributed by atoms with E-state index in [1.54, 1.807) is 0 Å². The quantitative estimate of drug-likeness (QED) is 0.858. The Labute approximate surface area is 113 Å². The Morgan fingerprint density at radius 2 is 2.00 bits per heavy atom. The minimum atomic E-state index is -1.01. The van der Waals surface area contributed by atoms with Crippen molar-refractivity contribution >= 4 is 17.3 Å². The number of benzene rings is 1. The topological polar surface area (TPSA) is 52.6 Å². The number of carbonyl (C=O) groups excluding carboxylic acids is 1. The van der Waals surface area contributed by atoms with Gasteiger partial charge in [0.15, 0.2) is 6.10 Å². The Balaban J connectivity index is 1.82. The van der Waals surface area contributed by atoms with Crippen molar-refractivity contribution in [2.75, 3.05) is 17.3 Å². The van der Waals surface area contributed by atoms with Gasteiger partial charge in [-0.2, -0.15) is 0 Å². The van der Waals surface area contributed by atoms with Crippen LogP contribution in [0.25, 0.3) is 0 Å². The van der Waals surface area contributed by atoms with Crippen molar-refractivity contribution in [3.63, 3.8) is 0 Å². The Kier molecular flexibility index (Phi) is 3.19. The zero-order valence-electron chi connectivity index (χ0n) is 11.2. The van der Waals surface area contributed by atoms with Crippen molar-refractivity contribution in [2.24, 2.45) is 0 Å². The number of rotatable bonds is 2. The highest BCUT2D eigenvalue weighted by atomic mass is 16.3. The third kappa shape index (κ3) is 2.21. The zero-order chi connectivity index (χ0) is 13.4. The number of hydrogen-bond acceptors (Lipinski definition) is 3. The molecule has 1 aromatic carbocycles. The molecule has 4 heteroatoms. The molecule has 1 aromatic rings. The van der Waals surface area contributed by atoms with E-state index in [2.05, 4.69) is 17.3 Å². The van der Waals surface area contributed by atoms with Crippen molar-refractivity contribution in [1.82, 2.24) is 0 Å². The van der Waals surface area contributed by atoms with Crippen LogP contribution in [0.4, 0.5) is 11.4 Å². The molecule has 1 aliphatic heterocycles. The van der Waals surface area contributed by atoms with Gasteiger partial charge in [0.25, 0.3) is 5.91 Å². The van der Waals surface area contributed by atoms with E-state index in [1.807, 2.05) is 18.2 Å². The molecule has 1 saturated carbocycles. The van der Waals surface area contributed by atoms with E-state index in [0.29, 0.717) is 11.6 Å². The SMILES string of the molecule is CN(c1ccc2c(c1)NC(=O)C2O)C1CCCCC1. The normalized spacial score (nSPS) is 23.1. The maximum absolute atomic E-state index is 11.4. The van der Waals surface area contributed by atoms with Gasteiger partial charge >= 0.3 is 0 Å². The summed E-state index contributed by atoms with van der Waals surface area (Å²) in [5, 5.41) is 12.4. The van der Waals surface area contributed by atoms with E-state index in [1.165, 1.54) is 32.1 Å². The minimum absolute atomic E-state index is 0.326. The molecule has 0 radical (unpaired) electrons. The molecule has 1 amide bonds. The molecule has 0 aromatic heterocycles. The molecule has 1 heterocycles. The maximum atomic E-state index is 11.4. The van der Waals surface area contributed by atoms with Crippen molar-refractivity contribution in [3.05, 3.63) is 23.8 Å². The first-order valence-electron chi connectivity index (χ1n) is 7.02. The van der Waals surface area contributed by atoms with Gasteiger partial charge in [0.05, 0.1) is 0 Å². The number of hydrogen-bond donors (Lipinski definition) is 2. The highest BCUT2D eigenvalue weighted by Crippen LogP contribution is 2.35. The van der Waals surface area contributed by atoms with Gasteiger partial charge in [-0.3, -0.25) is 4.79 Å². The standard InChI is InChI=1S/C15H20N2O2/c1-17(10-5-3-2-4-6-10)11-7-8-12-13(9-11)16-15(19)14(12)18/h7-10,14,18H,2-6H2,1H3,(H,16,19). The number of anilines is 2. The summed E-state index contributed by atoms with van der Waals surface area (Å²) < 4.78 is 0. The van der Waals surface area contributed by atoms with Gasteiger partial charge in [0.2, 0.25) is 0 Å². The van der Waals surface area contributed by atoms with Crippen molar-refractivity contribution in [2.45, 2.75) is 44.2 Å². The second kappa shape index (κ2) is 4.85. The molecule has 102 valence electrons. The van der Waals surface area contributed by atoms with Gasteiger partial charge in [-0.1, -0.05) is 25.3 Å². The highest BCUT2D eigenvalue weighted by Gasteiger charge is 2.29. The molecule has 1 atom stereocenters. The van der Waals surface area contributed by atoms with Gasteiger partial charge in [-0.05, 0) is 25.0 Å². The van der Waals surface area contributed by atoms with Crippen molar-refractivity contribution in [3.8, 4) is 0 Å². The van der Waals surface area contributed by atoms with E-state index in [4.69, 9.17) is 0 Å². The first-order chi connectivity index (χ1) is 9.16. The van der Waals surface area contributed by atoms with Crippen molar-refractivity contribution in [1.29, 1.82) is 0 Å². The molecule has 1 fully saturated rings. The fourth-order valence-electron chi connectivity index (χ4n) is 3.13. The Morgan fingerprint density at radius 3 is 2.74 bits per heavy atom. The van der Waals surface area contributed by atoms with E-state index in [9.17, 15) is 9.90 Å². The van der Waals surface area contributed by atoms with Crippen molar-refractivity contribution < 1.29 is 9.90 Å². The van der Waals surface area contributed by atoms with E-state index in [0.717, 1.165) is 11.4 Å². The van der Waals surface area contributed by atoms with Crippen LogP contribution in [0.3, 0.4) is 0 Å². The molecular formula is C15H20N2O2. The van der Waals surface area contributed by atoms with Crippen LogP contribution in [0.5, 0.6) is 0 Å². The van der Waals surface area contributed by atoms with Crippen LogP contribution in [0.1, 0.15) is 43.8 Å². The molecule has 3 rings (SSSR count). The molecule has 0 spiro atoms. The summed E-state index contributed by atoms with van der Waals surface area (Å²) in [7, 11) is 2.12. The van der Waals surface area contributed by atoms with Crippen LogP contribution in [-0.4, -0.2) is 24.1 Å². The predicted octanol–water partition coefficient (Wildman–Crippen LogP) is 2.44. The highest BCUT2D eigenvalue weighted by molar-refractivity contribution is 6.02. The summed E-state index contributed by atoms with van der Waals surface area (Å²) >= 11 is 0. The van der Waals surface area contributed by atoms with Crippen LogP contribution < -0.4 is 10.2 Å². The third-order valence-electron chi connectivity index (χ3n) is 4.37. The molecule has 0 bridgehead atoms. The molecule has 0 saturated heterocycles. The lowest BCUT2D eigenvalue weighted by Gasteiger charge is -2.33.